The highest BCUT2D eigenvalue weighted by atomic mass is 19.1. The quantitative estimate of drug-likeness (QED) is 0.433. The molecular weight excluding hydrogens is 373 g/mol. The van der Waals surface area contributed by atoms with Crippen LogP contribution in [0.4, 0.5) is 4.39 Å². The van der Waals surface area contributed by atoms with Crippen molar-refractivity contribution < 1.29 is 13.9 Å². The van der Waals surface area contributed by atoms with E-state index in [1.807, 2.05) is 0 Å². The summed E-state index contributed by atoms with van der Waals surface area (Å²) < 4.78 is 19.1. The summed E-state index contributed by atoms with van der Waals surface area (Å²) in [6, 6.07) is 12.7. The molecule has 0 aliphatic rings. The van der Waals surface area contributed by atoms with Crippen LogP contribution in [0.2, 0.25) is 0 Å². The average molecular weight is 395 g/mol. The second kappa shape index (κ2) is 9.30. The van der Waals surface area contributed by atoms with Crippen LogP contribution in [0, 0.1) is 17.1 Å². The minimum atomic E-state index is -0.405. The lowest BCUT2D eigenvalue weighted by atomic mass is 10.00. The molecule has 0 bridgehead atoms. The van der Waals surface area contributed by atoms with E-state index in [0.29, 0.717) is 46.4 Å². The van der Waals surface area contributed by atoms with E-state index in [1.165, 1.54) is 12.1 Å². The minimum absolute atomic E-state index is 0.208. The molecule has 0 spiro atoms. The first kappa shape index (κ1) is 20.5. The van der Waals surface area contributed by atoms with Crippen LogP contribution in [-0.4, -0.2) is 43.2 Å². The van der Waals surface area contributed by atoms with Crippen LogP contribution in [0.25, 0.3) is 22.0 Å². The van der Waals surface area contributed by atoms with Gasteiger partial charge in [-0.1, -0.05) is 12.1 Å². The van der Waals surface area contributed by atoms with Crippen molar-refractivity contribution in [3.8, 4) is 17.2 Å². The number of H-pyrrole nitrogens is 1. The van der Waals surface area contributed by atoms with Crippen LogP contribution >= 0.6 is 0 Å². The zero-order chi connectivity index (χ0) is 20.8. The van der Waals surface area contributed by atoms with Crippen LogP contribution in [0.15, 0.2) is 42.5 Å². The zero-order valence-corrected chi connectivity index (χ0v) is 15.7. The minimum Gasteiger partial charge on any atom is -0.378 e. The molecule has 150 valence electrons. The standard InChI is InChI=1S/C21H22FN5O2/c22-15-5-6-18-17(9-15)19(14-3-1-13(10-24)2-4-14)20(27-18)21(28)26-11-16(25)12-29-8-7-23/h1-6,9,16,27H,7-8,11-12,23,25H2,(H,26,28)/t16-/m1/s1. The van der Waals surface area contributed by atoms with Crippen molar-refractivity contribution >= 4 is 16.8 Å². The van der Waals surface area contributed by atoms with Crippen LogP contribution in [-0.2, 0) is 4.74 Å². The second-order valence-corrected chi connectivity index (χ2v) is 6.59. The van der Waals surface area contributed by atoms with Gasteiger partial charge in [0.2, 0.25) is 0 Å². The van der Waals surface area contributed by atoms with E-state index in [2.05, 4.69) is 16.4 Å². The van der Waals surface area contributed by atoms with Gasteiger partial charge in [-0.25, -0.2) is 4.39 Å². The lowest BCUT2D eigenvalue weighted by Gasteiger charge is -2.13. The van der Waals surface area contributed by atoms with Crippen molar-refractivity contribution in [3.63, 3.8) is 0 Å². The Balaban J connectivity index is 1.90. The Morgan fingerprint density at radius 2 is 2.03 bits per heavy atom. The molecule has 0 fully saturated rings. The van der Waals surface area contributed by atoms with E-state index in [1.54, 1.807) is 30.3 Å². The van der Waals surface area contributed by atoms with Crippen molar-refractivity contribution in [1.29, 1.82) is 5.26 Å². The van der Waals surface area contributed by atoms with Gasteiger partial charge in [-0.2, -0.15) is 5.26 Å². The predicted molar refractivity (Wildman–Crippen MR) is 109 cm³/mol. The number of nitriles is 1. The largest absolute Gasteiger partial charge is 0.378 e. The van der Waals surface area contributed by atoms with Gasteiger partial charge in [0, 0.05) is 35.6 Å². The summed E-state index contributed by atoms with van der Waals surface area (Å²) in [5.41, 5.74) is 14.0. The molecule has 1 heterocycles. The fourth-order valence-electron chi connectivity index (χ4n) is 3.03. The molecular formula is C21H22FN5O2. The number of rotatable bonds is 8. The molecule has 0 radical (unpaired) electrons. The Morgan fingerprint density at radius 3 is 2.72 bits per heavy atom. The maximum absolute atomic E-state index is 13.9. The van der Waals surface area contributed by atoms with Gasteiger partial charge in [-0.3, -0.25) is 4.79 Å². The Hall–Kier alpha value is -3.25. The molecule has 8 heteroatoms. The first-order valence-corrected chi connectivity index (χ1v) is 9.17. The summed E-state index contributed by atoms with van der Waals surface area (Å²) in [7, 11) is 0. The molecule has 7 nitrogen and oxygen atoms in total. The Labute approximate surface area is 167 Å². The molecule has 3 aromatic rings. The molecule has 0 aliphatic carbocycles. The number of aromatic amines is 1. The molecule has 0 unspecified atom stereocenters. The number of carbonyl (C=O) groups is 1. The van der Waals surface area contributed by atoms with Crippen molar-refractivity contribution in [2.45, 2.75) is 6.04 Å². The van der Waals surface area contributed by atoms with Gasteiger partial charge in [-0.05, 0) is 35.9 Å². The van der Waals surface area contributed by atoms with E-state index in [-0.39, 0.29) is 25.1 Å². The molecule has 0 aliphatic heterocycles. The molecule has 0 saturated heterocycles. The summed E-state index contributed by atoms with van der Waals surface area (Å²) in [4.78, 5) is 15.9. The van der Waals surface area contributed by atoms with Crippen LogP contribution < -0.4 is 16.8 Å². The third-order valence-electron chi connectivity index (χ3n) is 4.41. The van der Waals surface area contributed by atoms with Crippen LogP contribution in [0.5, 0.6) is 0 Å². The molecule has 3 rings (SSSR count). The molecule has 0 saturated carbocycles. The third-order valence-corrected chi connectivity index (χ3v) is 4.41. The van der Waals surface area contributed by atoms with E-state index < -0.39 is 5.82 Å². The summed E-state index contributed by atoms with van der Waals surface area (Å²) >= 11 is 0. The lowest BCUT2D eigenvalue weighted by molar-refractivity contribution is 0.0929. The number of hydrogen-bond acceptors (Lipinski definition) is 5. The number of ether oxygens (including phenoxy) is 1. The first-order chi connectivity index (χ1) is 14.0. The number of fused-ring (bicyclic) bond motifs is 1. The van der Waals surface area contributed by atoms with E-state index >= 15 is 0 Å². The summed E-state index contributed by atoms with van der Waals surface area (Å²) in [6.45, 7) is 1.29. The second-order valence-electron chi connectivity index (χ2n) is 6.59. The van der Waals surface area contributed by atoms with Gasteiger partial charge in [0.25, 0.3) is 5.91 Å². The fourth-order valence-corrected chi connectivity index (χ4v) is 3.03. The maximum Gasteiger partial charge on any atom is 0.268 e. The monoisotopic (exact) mass is 395 g/mol. The molecule has 2 aromatic carbocycles. The fraction of sp³-hybridized carbons (Fsp3) is 0.238. The third kappa shape index (κ3) is 4.78. The van der Waals surface area contributed by atoms with E-state index in [0.717, 1.165) is 0 Å². The molecule has 1 amide bonds. The van der Waals surface area contributed by atoms with Crippen molar-refractivity contribution in [2.75, 3.05) is 26.3 Å². The number of nitrogens with zero attached hydrogens (tertiary/aromatic N) is 1. The van der Waals surface area contributed by atoms with Gasteiger partial charge < -0.3 is 26.5 Å². The highest BCUT2D eigenvalue weighted by Crippen LogP contribution is 2.33. The molecule has 29 heavy (non-hydrogen) atoms. The summed E-state index contributed by atoms with van der Waals surface area (Å²) in [6.07, 6.45) is 0. The van der Waals surface area contributed by atoms with Crippen molar-refractivity contribution in [2.24, 2.45) is 11.5 Å². The highest BCUT2D eigenvalue weighted by Gasteiger charge is 2.20. The Kier molecular flexibility index (Phi) is 6.57. The molecule has 6 N–H and O–H groups in total. The number of benzene rings is 2. The number of carbonyl (C=O) groups excluding carboxylic acids is 1. The Morgan fingerprint density at radius 1 is 1.28 bits per heavy atom. The van der Waals surface area contributed by atoms with Gasteiger partial charge in [0.05, 0.1) is 24.8 Å². The molecule has 1 atom stereocenters. The highest BCUT2D eigenvalue weighted by molar-refractivity contribution is 6.09. The SMILES string of the molecule is N#Cc1ccc(-c2c(C(=O)NC[C@@H](N)COCCN)[nH]c3ccc(F)cc23)cc1. The Bertz CT molecular complexity index is 1040. The number of hydrogen-bond donors (Lipinski definition) is 4. The predicted octanol–water partition coefficient (Wildman–Crippen LogP) is 1.88. The zero-order valence-electron chi connectivity index (χ0n) is 15.7. The van der Waals surface area contributed by atoms with Gasteiger partial charge in [-0.15, -0.1) is 0 Å². The number of halogens is 1. The van der Waals surface area contributed by atoms with Gasteiger partial charge >= 0.3 is 0 Å². The van der Waals surface area contributed by atoms with Gasteiger partial charge in [0.1, 0.15) is 11.5 Å². The van der Waals surface area contributed by atoms with Crippen LogP contribution in [0.3, 0.4) is 0 Å². The van der Waals surface area contributed by atoms with E-state index in [9.17, 15) is 9.18 Å². The lowest BCUT2D eigenvalue weighted by Crippen LogP contribution is -2.40. The maximum atomic E-state index is 13.9. The summed E-state index contributed by atoms with van der Waals surface area (Å²) in [5.74, 6) is -0.771. The first-order valence-electron chi connectivity index (χ1n) is 9.17. The van der Waals surface area contributed by atoms with E-state index in [4.69, 9.17) is 21.5 Å². The number of nitrogens with two attached hydrogens (primary N) is 2. The van der Waals surface area contributed by atoms with Crippen molar-refractivity contribution in [1.82, 2.24) is 10.3 Å². The topological polar surface area (TPSA) is 130 Å². The number of nitrogens with one attached hydrogen (secondary N) is 2. The smallest absolute Gasteiger partial charge is 0.268 e. The number of aromatic nitrogens is 1. The van der Waals surface area contributed by atoms with Crippen molar-refractivity contribution in [3.05, 3.63) is 59.5 Å². The number of amides is 1. The molecule has 1 aromatic heterocycles. The van der Waals surface area contributed by atoms with Gasteiger partial charge in [0.15, 0.2) is 0 Å². The summed E-state index contributed by atoms with van der Waals surface area (Å²) in [5, 5.41) is 12.4. The average Bonchev–Trinajstić information content (AvgIpc) is 3.11. The normalized spacial score (nSPS) is 11.9. The van der Waals surface area contributed by atoms with Crippen LogP contribution in [0.1, 0.15) is 16.1 Å².